The topological polar surface area (TPSA) is 55.6 Å². The van der Waals surface area contributed by atoms with Gasteiger partial charge in [0.1, 0.15) is 5.75 Å². The standard InChI is InChI=1S/C19H22N2O2/c1-13(14-8-10-15(23-2)11-9-14)19(22)21-12-4-5-16-17(20)6-3-7-18(16)21/h3,6-11,13H,4-5,12,20H2,1-2H3. The van der Waals surface area contributed by atoms with Gasteiger partial charge in [0.25, 0.3) is 0 Å². The molecule has 0 fully saturated rings. The lowest BCUT2D eigenvalue weighted by Gasteiger charge is -2.32. The smallest absolute Gasteiger partial charge is 0.234 e. The molecule has 1 aliphatic heterocycles. The van der Waals surface area contributed by atoms with E-state index in [2.05, 4.69) is 0 Å². The van der Waals surface area contributed by atoms with Crippen molar-refractivity contribution in [2.45, 2.75) is 25.7 Å². The minimum atomic E-state index is -0.201. The summed E-state index contributed by atoms with van der Waals surface area (Å²) in [7, 11) is 1.64. The summed E-state index contributed by atoms with van der Waals surface area (Å²) < 4.78 is 5.18. The van der Waals surface area contributed by atoms with Crippen molar-refractivity contribution in [3.05, 3.63) is 53.6 Å². The predicted octanol–water partition coefficient (Wildman–Crippen LogP) is 3.36. The molecule has 1 amide bonds. The fraction of sp³-hybridized carbons (Fsp3) is 0.316. The zero-order chi connectivity index (χ0) is 16.4. The number of benzene rings is 2. The molecule has 2 aromatic carbocycles. The van der Waals surface area contributed by atoms with E-state index in [9.17, 15) is 4.79 Å². The highest BCUT2D eigenvalue weighted by molar-refractivity contribution is 5.99. The second-order valence-corrected chi connectivity index (χ2v) is 5.93. The summed E-state index contributed by atoms with van der Waals surface area (Å²) in [6, 6.07) is 13.5. The Labute approximate surface area is 136 Å². The van der Waals surface area contributed by atoms with Crippen LogP contribution in [0.3, 0.4) is 0 Å². The Balaban J connectivity index is 1.87. The van der Waals surface area contributed by atoms with Crippen LogP contribution < -0.4 is 15.4 Å². The number of hydrogen-bond acceptors (Lipinski definition) is 3. The number of nitrogens with two attached hydrogens (primary N) is 1. The van der Waals surface area contributed by atoms with Gasteiger partial charge in [0.2, 0.25) is 5.91 Å². The van der Waals surface area contributed by atoms with Gasteiger partial charge in [-0.05, 0) is 55.2 Å². The molecule has 0 spiro atoms. The summed E-state index contributed by atoms with van der Waals surface area (Å²) in [4.78, 5) is 14.9. The highest BCUT2D eigenvalue weighted by Gasteiger charge is 2.27. The highest BCUT2D eigenvalue weighted by atomic mass is 16.5. The first-order chi connectivity index (χ1) is 11.1. The van der Waals surface area contributed by atoms with Crippen molar-refractivity contribution in [2.75, 3.05) is 24.3 Å². The highest BCUT2D eigenvalue weighted by Crippen LogP contribution is 2.33. The number of carbonyl (C=O) groups excluding carboxylic acids is 1. The molecule has 0 aliphatic carbocycles. The van der Waals surface area contributed by atoms with Gasteiger partial charge in [-0.15, -0.1) is 0 Å². The normalized spacial score (nSPS) is 15.0. The summed E-state index contributed by atoms with van der Waals surface area (Å²) in [5, 5.41) is 0. The first-order valence-corrected chi connectivity index (χ1v) is 7.94. The molecular weight excluding hydrogens is 288 g/mol. The van der Waals surface area contributed by atoms with Crippen molar-refractivity contribution in [3.8, 4) is 5.75 Å². The second kappa shape index (κ2) is 6.32. The van der Waals surface area contributed by atoms with Crippen LogP contribution in [0.2, 0.25) is 0 Å². The van der Waals surface area contributed by atoms with Crippen molar-refractivity contribution >= 4 is 17.3 Å². The predicted molar refractivity (Wildman–Crippen MR) is 92.9 cm³/mol. The molecule has 0 saturated heterocycles. The molecule has 1 unspecified atom stereocenters. The van der Waals surface area contributed by atoms with Gasteiger partial charge in [0.15, 0.2) is 0 Å². The van der Waals surface area contributed by atoms with Crippen molar-refractivity contribution in [1.29, 1.82) is 0 Å². The first kappa shape index (κ1) is 15.4. The Morgan fingerprint density at radius 2 is 1.96 bits per heavy atom. The molecule has 2 N–H and O–H groups in total. The fourth-order valence-corrected chi connectivity index (χ4v) is 3.15. The lowest BCUT2D eigenvalue weighted by Crippen LogP contribution is -2.38. The van der Waals surface area contributed by atoms with Gasteiger partial charge in [-0.1, -0.05) is 18.2 Å². The molecule has 4 nitrogen and oxygen atoms in total. The summed E-state index contributed by atoms with van der Waals surface area (Å²) in [5.41, 5.74) is 9.89. The van der Waals surface area contributed by atoms with E-state index in [1.54, 1.807) is 7.11 Å². The number of nitrogen functional groups attached to an aromatic ring is 1. The van der Waals surface area contributed by atoms with Crippen LogP contribution in [0.25, 0.3) is 0 Å². The zero-order valence-corrected chi connectivity index (χ0v) is 13.6. The average molecular weight is 310 g/mol. The Hall–Kier alpha value is -2.49. The van der Waals surface area contributed by atoms with Crippen molar-refractivity contribution in [3.63, 3.8) is 0 Å². The van der Waals surface area contributed by atoms with E-state index >= 15 is 0 Å². The molecule has 120 valence electrons. The van der Waals surface area contributed by atoms with Crippen LogP contribution in [-0.2, 0) is 11.2 Å². The van der Waals surface area contributed by atoms with Crippen LogP contribution in [0, 0.1) is 0 Å². The third-order valence-corrected chi connectivity index (χ3v) is 4.54. The summed E-state index contributed by atoms with van der Waals surface area (Å²) in [5.74, 6) is 0.708. The number of amides is 1. The zero-order valence-electron chi connectivity index (χ0n) is 13.6. The number of carbonyl (C=O) groups is 1. The minimum Gasteiger partial charge on any atom is -0.497 e. The van der Waals surface area contributed by atoms with Crippen LogP contribution in [-0.4, -0.2) is 19.6 Å². The molecule has 23 heavy (non-hydrogen) atoms. The molecule has 0 saturated carbocycles. The average Bonchev–Trinajstić information content (AvgIpc) is 2.60. The van der Waals surface area contributed by atoms with E-state index in [-0.39, 0.29) is 11.8 Å². The molecule has 3 rings (SSSR count). The summed E-state index contributed by atoms with van der Waals surface area (Å²) in [6.45, 7) is 2.69. The van der Waals surface area contributed by atoms with Crippen LogP contribution in [0.5, 0.6) is 5.75 Å². The minimum absolute atomic E-state index is 0.113. The van der Waals surface area contributed by atoms with Crippen LogP contribution in [0.1, 0.15) is 30.4 Å². The lowest BCUT2D eigenvalue weighted by molar-refractivity contribution is -0.119. The molecular formula is C19H22N2O2. The monoisotopic (exact) mass is 310 g/mol. The third kappa shape index (κ3) is 2.89. The van der Waals surface area contributed by atoms with E-state index in [1.807, 2.05) is 54.3 Å². The fourth-order valence-electron chi connectivity index (χ4n) is 3.15. The first-order valence-electron chi connectivity index (χ1n) is 7.94. The number of hydrogen-bond donors (Lipinski definition) is 1. The van der Waals surface area contributed by atoms with E-state index < -0.39 is 0 Å². The Kier molecular flexibility index (Phi) is 4.24. The largest absolute Gasteiger partial charge is 0.497 e. The third-order valence-electron chi connectivity index (χ3n) is 4.54. The molecule has 1 atom stereocenters. The summed E-state index contributed by atoms with van der Waals surface area (Å²) in [6.07, 6.45) is 1.88. The van der Waals surface area contributed by atoms with Gasteiger partial charge in [-0.2, -0.15) is 0 Å². The quantitative estimate of drug-likeness (QED) is 0.884. The summed E-state index contributed by atoms with van der Waals surface area (Å²) >= 11 is 0. The van der Waals surface area contributed by atoms with Crippen molar-refractivity contribution in [1.82, 2.24) is 0 Å². The maximum absolute atomic E-state index is 13.0. The van der Waals surface area contributed by atoms with Gasteiger partial charge in [0, 0.05) is 17.9 Å². The van der Waals surface area contributed by atoms with Crippen LogP contribution in [0.4, 0.5) is 11.4 Å². The molecule has 1 heterocycles. The molecule has 1 aliphatic rings. The maximum Gasteiger partial charge on any atom is 0.234 e. The maximum atomic E-state index is 13.0. The molecule has 2 aromatic rings. The van der Waals surface area contributed by atoms with Crippen molar-refractivity contribution < 1.29 is 9.53 Å². The Morgan fingerprint density at radius 1 is 1.22 bits per heavy atom. The lowest BCUT2D eigenvalue weighted by atomic mass is 9.95. The van der Waals surface area contributed by atoms with Crippen molar-refractivity contribution in [2.24, 2.45) is 0 Å². The number of nitrogens with zero attached hydrogens (tertiary/aromatic N) is 1. The van der Waals surface area contributed by atoms with Gasteiger partial charge < -0.3 is 15.4 Å². The van der Waals surface area contributed by atoms with E-state index in [0.29, 0.717) is 0 Å². The number of anilines is 2. The number of ether oxygens (including phenoxy) is 1. The van der Waals surface area contributed by atoms with Crippen LogP contribution in [0.15, 0.2) is 42.5 Å². The molecule has 0 bridgehead atoms. The van der Waals surface area contributed by atoms with Gasteiger partial charge in [-0.25, -0.2) is 0 Å². The van der Waals surface area contributed by atoms with Gasteiger partial charge in [0.05, 0.1) is 13.0 Å². The number of methoxy groups -OCH3 is 1. The second-order valence-electron chi connectivity index (χ2n) is 5.93. The molecule has 0 aromatic heterocycles. The van der Waals surface area contributed by atoms with E-state index in [1.165, 1.54) is 0 Å². The van der Waals surface area contributed by atoms with E-state index in [4.69, 9.17) is 10.5 Å². The Morgan fingerprint density at radius 3 is 2.65 bits per heavy atom. The van der Waals surface area contributed by atoms with Crippen LogP contribution >= 0.6 is 0 Å². The number of fused-ring (bicyclic) bond motifs is 1. The van der Waals surface area contributed by atoms with E-state index in [0.717, 1.165) is 47.6 Å². The SMILES string of the molecule is COc1ccc(C(C)C(=O)N2CCCc3c(N)cccc32)cc1. The Bertz CT molecular complexity index is 710. The molecule has 4 heteroatoms. The van der Waals surface area contributed by atoms with Gasteiger partial charge >= 0.3 is 0 Å². The number of rotatable bonds is 3. The van der Waals surface area contributed by atoms with Gasteiger partial charge in [-0.3, -0.25) is 4.79 Å². The molecule has 0 radical (unpaired) electrons.